The number of hydrogen-bond donors (Lipinski definition) is 1. The van der Waals surface area contributed by atoms with E-state index in [1.807, 2.05) is 24.6 Å². The van der Waals surface area contributed by atoms with Crippen LogP contribution >= 0.6 is 11.3 Å². The highest BCUT2D eigenvalue weighted by Crippen LogP contribution is 2.16. The lowest BCUT2D eigenvalue weighted by atomic mass is 10.2. The van der Waals surface area contributed by atoms with E-state index >= 15 is 0 Å². The molecule has 0 bridgehead atoms. The number of nitrogens with zero attached hydrogens (tertiary/aromatic N) is 1. The van der Waals surface area contributed by atoms with Gasteiger partial charge >= 0.3 is 0 Å². The van der Waals surface area contributed by atoms with Gasteiger partial charge in [-0.2, -0.15) is 11.3 Å². The van der Waals surface area contributed by atoms with Gasteiger partial charge in [-0.25, -0.2) is 0 Å². The first-order valence-corrected chi connectivity index (χ1v) is 5.43. The summed E-state index contributed by atoms with van der Waals surface area (Å²) >= 11 is 1.52. The van der Waals surface area contributed by atoms with Crippen LogP contribution < -0.4 is 0 Å². The molecule has 1 atom stereocenters. The third-order valence-electron chi connectivity index (χ3n) is 2.33. The Kier molecular flexibility index (Phi) is 3.66. The molecule has 1 unspecified atom stereocenters. The summed E-state index contributed by atoms with van der Waals surface area (Å²) in [5.41, 5.74) is 1.73. The standard InChI is InChI=1S/C10H15NO2S/c1-7-5-14-6-9(7)10(13)11(3)8(2)4-12/h5-6,8,12H,4H2,1-3H3. The first-order valence-electron chi connectivity index (χ1n) is 4.48. The molecule has 0 aliphatic carbocycles. The molecule has 1 N–H and O–H groups in total. The highest BCUT2D eigenvalue weighted by molar-refractivity contribution is 7.08. The fraction of sp³-hybridized carbons (Fsp3) is 0.500. The monoisotopic (exact) mass is 213 g/mol. The SMILES string of the molecule is Cc1cscc1C(=O)N(C)C(C)CO. The van der Waals surface area contributed by atoms with E-state index in [0.717, 1.165) is 11.1 Å². The number of carbonyl (C=O) groups excluding carboxylic acids is 1. The predicted molar refractivity (Wildman–Crippen MR) is 57.7 cm³/mol. The van der Waals surface area contributed by atoms with Gasteiger partial charge in [0.2, 0.25) is 0 Å². The zero-order chi connectivity index (χ0) is 10.7. The lowest BCUT2D eigenvalue weighted by Gasteiger charge is -2.23. The zero-order valence-electron chi connectivity index (χ0n) is 8.65. The van der Waals surface area contributed by atoms with Crippen molar-refractivity contribution < 1.29 is 9.90 Å². The number of carbonyl (C=O) groups is 1. The molecule has 0 fully saturated rings. The summed E-state index contributed by atoms with van der Waals surface area (Å²) in [4.78, 5) is 13.4. The largest absolute Gasteiger partial charge is 0.394 e. The molecule has 0 saturated heterocycles. The van der Waals surface area contributed by atoms with Gasteiger partial charge in [0.05, 0.1) is 18.2 Å². The second kappa shape index (κ2) is 4.57. The molecule has 78 valence electrons. The van der Waals surface area contributed by atoms with E-state index in [1.165, 1.54) is 11.3 Å². The molecule has 14 heavy (non-hydrogen) atoms. The Morgan fingerprint density at radius 1 is 1.64 bits per heavy atom. The van der Waals surface area contributed by atoms with E-state index in [2.05, 4.69) is 0 Å². The number of hydrogen-bond acceptors (Lipinski definition) is 3. The van der Waals surface area contributed by atoms with Gasteiger partial charge in [0, 0.05) is 12.4 Å². The molecule has 0 aliphatic heterocycles. The van der Waals surface area contributed by atoms with E-state index in [9.17, 15) is 4.79 Å². The van der Waals surface area contributed by atoms with Crippen molar-refractivity contribution in [2.75, 3.05) is 13.7 Å². The van der Waals surface area contributed by atoms with Crippen LogP contribution in [0, 0.1) is 6.92 Å². The molecule has 1 rings (SSSR count). The summed E-state index contributed by atoms with van der Waals surface area (Å²) in [5, 5.41) is 12.7. The van der Waals surface area contributed by atoms with Crippen LogP contribution in [0.5, 0.6) is 0 Å². The second-order valence-electron chi connectivity index (χ2n) is 3.42. The number of rotatable bonds is 3. The Morgan fingerprint density at radius 2 is 2.29 bits per heavy atom. The molecule has 0 aliphatic rings. The Bertz CT molecular complexity index is 322. The smallest absolute Gasteiger partial charge is 0.255 e. The maximum Gasteiger partial charge on any atom is 0.255 e. The van der Waals surface area contributed by atoms with Crippen molar-refractivity contribution in [2.45, 2.75) is 19.9 Å². The molecular formula is C10H15NO2S. The second-order valence-corrected chi connectivity index (χ2v) is 4.16. The summed E-state index contributed by atoms with van der Waals surface area (Å²) < 4.78 is 0. The number of aryl methyl sites for hydroxylation is 1. The minimum Gasteiger partial charge on any atom is -0.394 e. The van der Waals surface area contributed by atoms with Crippen molar-refractivity contribution in [1.29, 1.82) is 0 Å². The van der Waals surface area contributed by atoms with E-state index in [-0.39, 0.29) is 18.6 Å². The lowest BCUT2D eigenvalue weighted by Crippen LogP contribution is -2.37. The molecule has 1 heterocycles. The predicted octanol–water partition coefficient (Wildman–Crippen LogP) is 1.51. The molecular weight excluding hydrogens is 198 g/mol. The zero-order valence-corrected chi connectivity index (χ0v) is 9.47. The third kappa shape index (κ3) is 2.13. The Hall–Kier alpha value is -0.870. The summed E-state index contributed by atoms with van der Waals surface area (Å²) in [7, 11) is 1.71. The van der Waals surface area contributed by atoms with Gasteiger partial charge in [0.1, 0.15) is 0 Å². The molecule has 1 aromatic rings. The highest BCUT2D eigenvalue weighted by atomic mass is 32.1. The van der Waals surface area contributed by atoms with Gasteiger partial charge in [-0.3, -0.25) is 4.79 Å². The summed E-state index contributed by atoms with van der Waals surface area (Å²) in [6.45, 7) is 3.73. The third-order valence-corrected chi connectivity index (χ3v) is 3.19. The van der Waals surface area contributed by atoms with Gasteiger partial charge in [0.25, 0.3) is 5.91 Å². The summed E-state index contributed by atoms with van der Waals surface area (Å²) in [6, 6.07) is -0.137. The molecule has 0 saturated carbocycles. The average molecular weight is 213 g/mol. The van der Waals surface area contributed by atoms with Crippen molar-refractivity contribution in [3.05, 3.63) is 21.9 Å². The van der Waals surface area contributed by atoms with Gasteiger partial charge in [-0.15, -0.1) is 0 Å². The van der Waals surface area contributed by atoms with Crippen LogP contribution in [0.1, 0.15) is 22.8 Å². The number of aliphatic hydroxyl groups excluding tert-OH is 1. The Balaban J connectivity index is 2.81. The quantitative estimate of drug-likeness (QED) is 0.826. The maximum atomic E-state index is 11.8. The van der Waals surface area contributed by atoms with E-state index in [4.69, 9.17) is 5.11 Å². The minimum atomic E-state index is -0.137. The van der Waals surface area contributed by atoms with E-state index < -0.39 is 0 Å². The molecule has 4 heteroatoms. The number of aliphatic hydroxyl groups is 1. The van der Waals surface area contributed by atoms with Crippen LogP contribution in [0.3, 0.4) is 0 Å². The molecule has 0 aromatic carbocycles. The van der Waals surface area contributed by atoms with Crippen molar-refractivity contribution in [3.63, 3.8) is 0 Å². The van der Waals surface area contributed by atoms with Gasteiger partial charge in [-0.05, 0) is 24.8 Å². The van der Waals surface area contributed by atoms with Crippen molar-refractivity contribution >= 4 is 17.2 Å². The van der Waals surface area contributed by atoms with Crippen molar-refractivity contribution in [3.8, 4) is 0 Å². The van der Waals surface area contributed by atoms with Crippen LogP contribution in [0.15, 0.2) is 10.8 Å². The first-order chi connectivity index (χ1) is 6.57. The fourth-order valence-corrected chi connectivity index (χ4v) is 1.91. The number of thiophene rings is 1. The van der Waals surface area contributed by atoms with Crippen LogP contribution in [0.4, 0.5) is 0 Å². The molecule has 0 spiro atoms. The molecule has 3 nitrogen and oxygen atoms in total. The number of amides is 1. The van der Waals surface area contributed by atoms with E-state index in [1.54, 1.807) is 11.9 Å². The molecule has 0 radical (unpaired) electrons. The average Bonchev–Trinajstić information content (AvgIpc) is 2.61. The highest BCUT2D eigenvalue weighted by Gasteiger charge is 2.18. The van der Waals surface area contributed by atoms with Gasteiger partial charge in [-0.1, -0.05) is 0 Å². The normalized spacial score (nSPS) is 12.6. The summed E-state index contributed by atoms with van der Waals surface area (Å²) in [6.07, 6.45) is 0. The lowest BCUT2D eigenvalue weighted by molar-refractivity contribution is 0.0682. The van der Waals surface area contributed by atoms with Crippen LogP contribution in [-0.4, -0.2) is 35.6 Å². The molecule has 1 amide bonds. The topological polar surface area (TPSA) is 40.5 Å². The fourth-order valence-electron chi connectivity index (χ4n) is 1.09. The Labute approximate surface area is 88.0 Å². The van der Waals surface area contributed by atoms with Crippen LogP contribution in [0.25, 0.3) is 0 Å². The maximum absolute atomic E-state index is 11.8. The minimum absolute atomic E-state index is 0.00851. The van der Waals surface area contributed by atoms with Crippen molar-refractivity contribution in [1.82, 2.24) is 4.90 Å². The first kappa shape index (κ1) is 11.2. The van der Waals surface area contributed by atoms with Gasteiger partial charge < -0.3 is 10.0 Å². The van der Waals surface area contributed by atoms with Crippen LogP contribution in [0.2, 0.25) is 0 Å². The van der Waals surface area contributed by atoms with Crippen molar-refractivity contribution in [2.24, 2.45) is 0 Å². The Morgan fingerprint density at radius 3 is 2.71 bits per heavy atom. The molecule has 1 aromatic heterocycles. The van der Waals surface area contributed by atoms with Gasteiger partial charge in [0.15, 0.2) is 0 Å². The summed E-state index contributed by atoms with van der Waals surface area (Å²) in [5.74, 6) is -0.0229. The van der Waals surface area contributed by atoms with E-state index in [0.29, 0.717) is 0 Å². The van der Waals surface area contributed by atoms with Crippen LogP contribution in [-0.2, 0) is 0 Å². The number of likely N-dealkylation sites (N-methyl/N-ethyl adjacent to an activating group) is 1.